The van der Waals surface area contributed by atoms with Crippen molar-refractivity contribution in [2.24, 2.45) is 0 Å². The summed E-state index contributed by atoms with van der Waals surface area (Å²) in [6, 6.07) is 11.0. The molecule has 0 bridgehead atoms. The van der Waals surface area contributed by atoms with E-state index in [0.717, 1.165) is 17.0 Å². The highest BCUT2D eigenvalue weighted by Crippen LogP contribution is 2.21. The zero-order chi connectivity index (χ0) is 15.0. The van der Waals surface area contributed by atoms with Gasteiger partial charge in [0.15, 0.2) is 0 Å². The molecule has 0 spiro atoms. The van der Waals surface area contributed by atoms with Crippen molar-refractivity contribution < 1.29 is 9.18 Å². The summed E-state index contributed by atoms with van der Waals surface area (Å²) in [6.45, 7) is 0. The molecule has 106 valence electrons. The van der Waals surface area contributed by atoms with Gasteiger partial charge in [-0.05, 0) is 42.5 Å². The Labute approximate surface area is 124 Å². The van der Waals surface area contributed by atoms with Gasteiger partial charge in [-0.2, -0.15) is 0 Å². The van der Waals surface area contributed by atoms with Gasteiger partial charge in [0.05, 0.1) is 5.69 Å². The standard InChI is InChI=1S/C15H11ClFN3O/c16-9-1-3-13(11(17)7-9)20-15(21)14-6-8-5-10(18)2-4-12(8)19-14/h1-7,19H,18H2,(H,20,21). The van der Waals surface area contributed by atoms with Crippen molar-refractivity contribution in [3.8, 4) is 0 Å². The SMILES string of the molecule is Nc1ccc2[nH]c(C(=O)Nc3ccc(Cl)cc3F)cc2c1. The van der Waals surface area contributed by atoms with E-state index in [9.17, 15) is 9.18 Å². The van der Waals surface area contributed by atoms with Crippen LogP contribution in [0.2, 0.25) is 5.02 Å². The third-order valence-electron chi connectivity index (χ3n) is 3.07. The summed E-state index contributed by atoms with van der Waals surface area (Å²) in [6.07, 6.45) is 0. The molecule has 0 aliphatic carbocycles. The lowest BCUT2D eigenvalue weighted by Gasteiger charge is -2.05. The number of hydrogen-bond acceptors (Lipinski definition) is 2. The highest BCUT2D eigenvalue weighted by atomic mass is 35.5. The number of carbonyl (C=O) groups excluding carboxylic acids is 1. The van der Waals surface area contributed by atoms with Gasteiger partial charge in [0.25, 0.3) is 5.91 Å². The average molecular weight is 304 g/mol. The van der Waals surface area contributed by atoms with Crippen LogP contribution in [0.15, 0.2) is 42.5 Å². The number of rotatable bonds is 2. The molecule has 21 heavy (non-hydrogen) atoms. The Bertz CT molecular complexity index is 844. The van der Waals surface area contributed by atoms with E-state index in [1.54, 1.807) is 24.3 Å². The molecule has 0 saturated heterocycles. The van der Waals surface area contributed by atoms with Crippen LogP contribution in [0, 0.1) is 5.82 Å². The number of fused-ring (bicyclic) bond motifs is 1. The number of nitrogens with one attached hydrogen (secondary N) is 2. The van der Waals surface area contributed by atoms with Crippen LogP contribution in [-0.4, -0.2) is 10.9 Å². The number of benzene rings is 2. The van der Waals surface area contributed by atoms with Gasteiger partial charge in [0.1, 0.15) is 11.5 Å². The maximum absolute atomic E-state index is 13.7. The molecule has 6 heteroatoms. The third-order valence-corrected chi connectivity index (χ3v) is 3.30. The summed E-state index contributed by atoms with van der Waals surface area (Å²) in [5, 5.41) is 3.58. The summed E-state index contributed by atoms with van der Waals surface area (Å²) >= 11 is 5.67. The average Bonchev–Trinajstić information content (AvgIpc) is 2.85. The minimum atomic E-state index is -0.587. The van der Waals surface area contributed by atoms with Crippen LogP contribution in [0.25, 0.3) is 10.9 Å². The van der Waals surface area contributed by atoms with Gasteiger partial charge < -0.3 is 16.0 Å². The minimum Gasteiger partial charge on any atom is -0.399 e. The molecule has 1 aromatic heterocycles. The fourth-order valence-electron chi connectivity index (χ4n) is 2.05. The largest absolute Gasteiger partial charge is 0.399 e. The molecule has 0 saturated carbocycles. The molecule has 3 aromatic rings. The van der Waals surface area contributed by atoms with Crippen LogP contribution in [0.3, 0.4) is 0 Å². The number of H-pyrrole nitrogens is 1. The Hall–Kier alpha value is -2.53. The first-order valence-electron chi connectivity index (χ1n) is 6.17. The van der Waals surface area contributed by atoms with Crippen LogP contribution >= 0.6 is 11.6 Å². The molecular formula is C15H11ClFN3O. The Balaban J connectivity index is 1.89. The maximum atomic E-state index is 13.7. The maximum Gasteiger partial charge on any atom is 0.272 e. The Morgan fingerprint density at radius 3 is 2.76 bits per heavy atom. The molecule has 0 atom stereocenters. The van der Waals surface area contributed by atoms with Crippen molar-refractivity contribution in [1.29, 1.82) is 0 Å². The van der Waals surface area contributed by atoms with Gasteiger partial charge in [-0.1, -0.05) is 11.6 Å². The van der Waals surface area contributed by atoms with Crippen LogP contribution in [-0.2, 0) is 0 Å². The second kappa shape index (κ2) is 5.10. The first-order valence-corrected chi connectivity index (χ1v) is 6.55. The third kappa shape index (κ3) is 2.68. The second-order valence-electron chi connectivity index (χ2n) is 4.61. The summed E-state index contributed by atoms with van der Waals surface area (Å²) in [5.74, 6) is -1.03. The highest BCUT2D eigenvalue weighted by Gasteiger charge is 2.12. The van der Waals surface area contributed by atoms with E-state index < -0.39 is 11.7 Å². The molecule has 4 nitrogen and oxygen atoms in total. The van der Waals surface area contributed by atoms with Crippen molar-refractivity contribution in [3.63, 3.8) is 0 Å². The van der Waals surface area contributed by atoms with E-state index in [-0.39, 0.29) is 10.7 Å². The normalized spacial score (nSPS) is 10.8. The monoisotopic (exact) mass is 303 g/mol. The predicted octanol–water partition coefficient (Wildman–Crippen LogP) is 3.79. The van der Waals surface area contributed by atoms with Gasteiger partial charge in [0, 0.05) is 21.6 Å². The lowest BCUT2D eigenvalue weighted by molar-refractivity contribution is 0.102. The number of aromatic nitrogens is 1. The van der Waals surface area contributed by atoms with E-state index >= 15 is 0 Å². The number of aromatic amines is 1. The van der Waals surface area contributed by atoms with Crippen LogP contribution in [0.1, 0.15) is 10.5 Å². The van der Waals surface area contributed by atoms with Crippen molar-refractivity contribution in [3.05, 3.63) is 59.0 Å². The topological polar surface area (TPSA) is 70.9 Å². The molecule has 1 amide bonds. The zero-order valence-corrected chi connectivity index (χ0v) is 11.5. The molecule has 1 heterocycles. The van der Waals surface area contributed by atoms with Gasteiger partial charge >= 0.3 is 0 Å². The van der Waals surface area contributed by atoms with Crippen molar-refractivity contribution >= 4 is 39.8 Å². The molecule has 4 N–H and O–H groups in total. The number of carbonyl (C=O) groups is 1. The molecule has 0 radical (unpaired) electrons. The number of nitrogens with two attached hydrogens (primary N) is 1. The fraction of sp³-hybridized carbons (Fsp3) is 0. The highest BCUT2D eigenvalue weighted by molar-refractivity contribution is 6.30. The van der Waals surface area contributed by atoms with E-state index in [0.29, 0.717) is 11.4 Å². The Morgan fingerprint density at radius 1 is 1.19 bits per heavy atom. The molecule has 0 aliphatic heterocycles. The van der Waals surface area contributed by atoms with Gasteiger partial charge in [0.2, 0.25) is 0 Å². The zero-order valence-electron chi connectivity index (χ0n) is 10.8. The quantitative estimate of drug-likeness (QED) is 0.630. The molecule has 3 rings (SSSR count). The van der Waals surface area contributed by atoms with Crippen LogP contribution in [0.5, 0.6) is 0 Å². The van der Waals surface area contributed by atoms with E-state index in [1.165, 1.54) is 12.1 Å². The lowest BCUT2D eigenvalue weighted by Crippen LogP contribution is -2.13. The number of anilines is 2. The Morgan fingerprint density at radius 2 is 2.00 bits per heavy atom. The number of nitrogen functional groups attached to an aromatic ring is 1. The van der Waals surface area contributed by atoms with Crippen molar-refractivity contribution in [2.45, 2.75) is 0 Å². The van der Waals surface area contributed by atoms with Gasteiger partial charge in [-0.25, -0.2) is 4.39 Å². The summed E-state index contributed by atoms with van der Waals surface area (Å²) in [7, 11) is 0. The second-order valence-corrected chi connectivity index (χ2v) is 5.04. The molecule has 0 unspecified atom stereocenters. The molecule has 2 aromatic carbocycles. The van der Waals surface area contributed by atoms with Crippen LogP contribution < -0.4 is 11.1 Å². The molecule has 0 fully saturated rings. The molecular weight excluding hydrogens is 293 g/mol. The number of hydrogen-bond donors (Lipinski definition) is 3. The van der Waals surface area contributed by atoms with E-state index in [1.807, 2.05) is 0 Å². The van der Waals surface area contributed by atoms with E-state index in [4.69, 9.17) is 17.3 Å². The van der Waals surface area contributed by atoms with E-state index in [2.05, 4.69) is 10.3 Å². The molecule has 0 aliphatic rings. The first kappa shape index (κ1) is 13.5. The summed E-state index contributed by atoms with van der Waals surface area (Å²) in [4.78, 5) is 15.1. The smallest absolute Gasteiger partial charge is 0.272 e. The number of halogens is 2. The van der Waals surface area contributed by atoms with Gasteiger partial charge in [-0.3, -0.25) is 4.79 Å². The van der Waals surface area contributed by atoms with Gasteiger partial charge in [-0.15, -0.1) is 0 Å². The summed E-state index contributed by atoms with van der Waals surface area (Å²) in [5.41, 5.74) is 7.48. The van der Waals surface area contributed by atoms with Crippen molar-refractivity contribution in [2.75, 3.05) is 11.1 Å². The first-order chi connectivity index (χ1) is 10.0. The summed E-state index contributed by atoms with van der Waals surface area (Å²) < 4.78 is 13.7. The van der Waals surface area contributed by atoms with Crippen molar-refractivity contribution in [1.82, 2.24) is 4.98 Å². The van der Waals surface area contributed by atoms with Crippen LogP contribution in [0.4, 0.5) is 15.8 Å². The minimum absolute atomic E-state index is 0.0718. The number of amides is 1. The lowest BCUT2D eigenvalue weighted by atomic mass is 10.2. The fourth-order valence-corrected chi connectivity index (χ4v) is 2.21. The Kier molecular flexibility index (Phi) is 3.27. The predicted molar refractivity (Wildman–Crippen MR) is 82.1 cm³/mol.